The van der Waals surface area contributed by atoms with E-state index in [1.54, 1.807) is 27.7 Å². The predicted molar refractivity (Wildman–Crippen MR) is 374 cm³/mol. The van der Waals surface area contributed by atoms with E-state index in [2.05, 4.69) is 16.0 Å². The van der Waals surface area contributed by atoms with Gasteiger partial charge in [-0.3, -0.25) is 57.5 Å². The summed E-state index contributed by atoms with van der Waals surface area (Å²) in [5, 5.41) is 7.57. The van der Waals surface area contributed by atoms with E-state index in [4.69, 9.17) is 11.6 Å². The first-order valence-electron chi connectivity index (χ1n) is 35.0. The first kappa shape index (κ1) is 85.0. The van der Waals surface area contributed by atoms with Crippen LogP contribution in [0.25, 0.3) is 0 Å². The van der Waals surface area contributed by atoms with Gasteiger partial charge in [0.25, 0.3) is 0 Å². The second kappa shape index (κ2) is 35.5. The molecule has 3 aliphatic rings. The zero-order valence-electron chi connectivity index (χ0n) is 62.0. The van der Waals surface area contributed by atoms with Crippen molar-refractivity contribution in [3.05, 3.63) is 105 Å². The highest BCUT2D eigenvalue weighted by atomic mass is 35.5. The van der Waals surface area contributed by atoms with Gasteiger partial charge in [-0.25, -0.2) is 4.39 Å². The molecule has 3 N–H and O–H groups in total. The van der Waals surface area contributed by atoms with Crippen LogP contribution in [0.5, 0.6) is 0 Å². The molecule has 0 radical (unpaired) electrons. The maximum Gasteiger partial charge on any atom is 0.417 e. The summed E-state index contributed by atoms with van der Waals surface area (Å²) in [4.78, 5) is 188. The lowest BCUT2D eigenvalue weighted by Crippen LogP contribution is -2.65. The Hall–Kier alpha value is -8.90. The van der Waals surface area contributed by atoms with E-state index in [0.717, 1.165) is 95.9 Å². The number of benzene rings is 3. The Labute approximate surface area is 612 Å². The molecular formula is C73H98ClF7N12O12. The zero-order valence-corrected chi connectivity index (χ0v) is 62.8. The molecule has 12 amide bonds. The van der Waals surface area contributed by atoms with Crippen molar-refractivity contribution in [3.63, 3.8) is 0 Å². The largest absolute Gasteiger partial charge is 0.417 e. The third kappa shape index (κ3) is 20.2. The molecule has 1 spiro atoms. The maximum absolute atomic E-state index is 15.6. The molecular weight excluding hydrogens is 1410 g/mol. The summed E-state index contributed by atoms with van der Waals surface area (Å²) in [6.07, 6.45) is -10.4. The van der Waals surface area contributed by atoms with Crippen molar-refractivity contribution in [3.8, 4) is 0 Å². The molecule has 2 heterocycles. The van der Waals surface area contributed by atoms with Crippen LogP contribution in [0.3, 0.4) is 0 Å². The minimum absolute atomic E-state index is 0.00494. The van der Waals surface area contributed by atoms with E-state index < -0.39 is 203 Å². The second-order valence-corrected chi connectivity index (χ2v) is 28.7. The standard InChI is InChI=1S/C73H98ClF7N12O12/c1-16-41(3)59-68(103)88(11)44(6)63(98)93-35-32-53(93)67(102)90(13)55(38-46-20-26-48(27-21-46)72(76,77)78)66(101)86(9)40-57(94)82-52(31-25-45-24-30-50(51(74)36-45)73(79,80)81)64(99)89(12)54(37-47-22-28-49(75)29-23-47)62(97)84-71(33-18-19-34-71)70(105)92(15)60(42(4)17-2)69(104)91(14)56(65(100)85(7)8)39-58(95)87(10)43(5)61(96)83-59/h20-24,26-30,36,41-44,52-56,59-60H,16-19,25,31-35,37-40H2,1-15H3,(H,82,94)(H,83,96)(H,84,97)/t41-,42-,43-,44-,52-,53?,54-,55-,56-,59-,60-/m0/s1. The van der Waals surface area contributed by atoms with Crippen molar-refractivity contribution in [2.75, 3.05) is 76.5 Å². The molecule has 24 nitrogen and oxygen atoms in total. The molecule has 1 unspecified atom stereocenters. The first-order chi connectivity index (χ1) is 48.9. The SMILES string of the molecule is CC[C@H](C)[C@@H]1NC(=O)[C@H](C)N(C)C(=O)C[C@@H](C(=O)N(C)C)N(C)C(=O)[C@H]([C@@H](C)CC)N(C)C(=O)C2(CCCC2)NC(=O)[C@H](Cc2ccc(F)cc2)N(C)C(=O)[C@H](CCc2ccc(C(F)(F)F)c(Cl)c2)NC(=O)CN(C)C(=O)[C@H](Cc2ccc(C(F)(F)F)cc2)N(C)C(=O)C2CCN2C(=O)[C@H](C)N(C)C1=O. The summed E-state index contributed by atoms with van der Waals surface area (Å²) >= 11 is 6.14. The van der Waals surface area contributed by atoms with Crippen LogP contribution in [-0.4, -0.2) is 251 Å². The number of hydrogen-bond acceptors (Lipinski definition) is 12. The van der Waals surface area contributed by atoms with Gasteiger partial charge in [0.2, 0.25) is 70.9 Å². The molecule has 105 heavy (non-hydrogen) atoms. The van der Waals surface area contributed by atoms with Crippen molar-refractivity contribution < 1.29 is 88.3 Å². The molecule has 1 aliphatic carbocycles. The minimum Gasteiger partial charge on any atom is -0.347 e. The molecule has 2 aliphatic heterocycles. The lowest BCUT2D eigenvalue weighted by atomic mass is 9.90. The second-order valence-electron chi connectivity index (χ2n) is 28.3. The van der Waals surface area contributed by atoms with Gasteiger partial charge in [0, 0.05) is 82.8 Å². The number of fused-ring (bicyclic) bond motifs is 1. The van der Waals surface area contributed by atoms with Crippen molar-refractivity contribution in [1.82, 2.24) is 60.0 Å². The van der Waals surface area contributed by atoms with E-state index in [0.29, 0.717) is 24.8 Å². The van der Waals surface area contributed by atoms with Gasteiger partial charge in [0.1, 0.15) is 65.7 Å². The van der Waals surface area contributed by atoms with Crippen LogP contribution in [0.4, 0.5) is 30.7 Å². The van der Waals surface area contributed by atoms with Crippen LogP contribution in [0, 0.1) is 17.7 Å². The molecule has 32 heteroatoms. The van der Waals surface area contributed by atoms with Gasteiger partial charge in [-0.15, -0.1) is 0 Å². The van der Waals surface area contributed by atoms with Crippen LogP contribution < -0.4 is 16.0 Å². The highest BCUT2D eigenvalue weighted by molar-refractivity contribution is 6.31. The van der Waals surface area contributed by atoms with Crippen molar-refractivity contribution >= 4 is 82.5 Å². The summed E-state index contributed by atoms with van der Waals surface area (Å²) in [6.45, 7) is 8.73. The monoisotopic (exact) mass is 1500 g/mol. The number of hydrogen-bond donors (Lipinski definition) is 3. The summed E-state index contributed by atoms with van der Waals surface area (Å²) < 4.78 is 98.0. The smallest absolute Gasteiger partial charge is 0.347 e. The Morgan fingerprint density at radius 2 is 1.17 bits per heavy atom. The Kier molecular flexibility index (Phi) is 28.7. The zero-order chi connectivity index (χ0) is 78.8. The number of nitrogens with one attached hydrogen (secondary N) is 3. The highest BCUT2D eigenvalue weighted by Crippen LogP contribution is 2.37. The normalized spacial score (nSPS) is 24.9. The van der Waals surface area contributed by atoms with E-state index in [9.17, 15) is 64.3 Å². The van der Waals surface area contributed by atoms with Crippen LogP contribution in [0.1, 0.15) is 127 Å². The molecule has 2 saturated heterocycles. The summed E-state index contributed by atoms with van der Waals surface area (Å²) in [6, 6.07) is -1.64. The molecule has 11 atom stereocenters. The molecule has 3 aromatic carbocycles. The molecule has 578 valence electrons. The molecule has 3 aromatic rings. The molecule has 0 aromatic heterocycles. The van der Waals surface area contributed by atoms with E-state index in [-0.39, 0.29) is 56.2 Å². The molecule has 0 bridgehead atoms. The van der Waals surface area contributed by atoms with Gasteiger partial charge < -0.3 is 60.0 Å². The fourth-order valence-corrected chi connectivity index (χ4v) is 13.7. The quantitative estimate of drug-likeness (QED) is 0.177. The van der Waals surface area contributed by atoms with E-state index >= 15 is 24.0 Å². The number of nitrogens with zero attached hydrogens (tertiary/aromatic N) is 9. The molecule has 1 saturated carbocycles. The highest BCUT2D eigenvalue weighted by Gasteiger charge is 2.51. The van der Waals surface area contributed by atoms with Gasteiger partial charge in [-0.1, -0.05) is 95.3 Å². The number of aryl methyl sites for hydroxylation is 1. The van der Waals surface area contributed by atoms with Crippen molar-refractivity contribution in [2.45, 2.75) is 191 Å². The minimum atomic E-state index is -4.86. The summed E-state index contributed by atoms with van der Waals surface area (Å²) in [5.74, 6) is -12.0. The van der Waals surface area contributed by atoms with E-state index in [1.165, 1.54) is 92.2 Å². The number of halogens is 8. The van der Waals surface area contributed by atoms with E-state index in [1.807, 2.05) is 0 Å². The van der Waals surface area contributed by atoms with Gasteiger partial charge in [0.15, 0.2) is 0 Å². The number of rotatable bonds is 12. The number of carbonyl (C=O) groups is 12. The first-order valence-corrected chi connectivity index (χ1v) is 35.3. The molecule has 3 fully saturated rings. The van der Waals surface area contributed by atoms with Gasteiger partial charge in [-0.05, 0) is 111 Å². The topological polar surface area (TPSA) is 270 Å². The third-order valence-corrected chi connectivity index (χ3v) is 21.4. The van der Waals surface area contributed by atoms with Crippen molar-refractivity contribution in [2.24, 2.45) is 11.8 Å². The van der Waals surface area contributed by atoms with Crippen LogP contribution >= 0.6 is 11.6 Å². The Bertz CT molecular complexity index is 3690. The Morgan fingerprint density at radius 3 is 1.70 bits per heavy atom. The van der Waals surface area contributed by atoms with Crippen LogP contribution in [-0.2, 0) is 89.1 Å². The number of amides is 12. The van der Waals surface area contributed by atoms with Crippen LogP contribution in [0.2, 0.25) is 5.02 Å². The number of alkyl halides is 6. The fourth-order valence-electron chi connectivity index (χ4n) is 13.4. The lowest BCUT2D eigenvalue weighted by Gasteiger charge is -2.45. The third-order valence-electron chi connectivity index (χ3n) is 21.0. The van der Waals surface area contributed by atoms with Gasteiger partial charge in [0.05, 0.1) is 29.1 Å². The number of likely N-dealkylation sites (N-methyl/N-ethyl adjacent to an activating group) is 8. The Balaban J connectivity index is 1.50. The summed E-state index contributed by atoms with van der Waals surface area (Å²) in [5.41, 5.74) is -3.42. The molecule has 6 rings (SSSR count). The number of carbonyl (C=O) groups excluding carboxylic acids is 12. The summed E-state index contributed by atoms with van der Waals surface area (Å²) in [7, 11) is 11.7. The average molecular weight is 1500 g/mol. The van der Waals surface area contributed by atoms with Crippen LogP contribution in [0.15, 0.2) is 66.7 Å². The maximum atomic E-state index is 15.6. The lowest BCUT2D eigenvalue weighted by molar-refractivity contribution is -0.160. The Morgan fingerprint density at radius 1 is 0.619 bits per heavy atom. The predicted octanol–water partition coefficient (Wildman–Crippen LogP) is 5.98. The van der Waals surface area contributed by atoms with Gasteiger partial charge >= 0.3 is 12.4 Å². The van der Waals surface area contributed by atoms with Gasteiger partial charge in [-0.2, -0.15) is 26.3 Å². The van der Waals surface area contributed by atoms with Crippen molar-refractivity contribution in [1.29, 1.82) is 0 Å². The average Bonchev–Trinajstić information content (AvgIpc) is 1.77. The fraction of sp³-hybridized carbons (Fsp3) is 0.589.